The third kappa shape index (κ3) is 4.75. The molecule has 6 nitrogen and oxygen atoms in total. The number of likely N-dealkylation sites (tertiary alicyclic amines) is 1. The number of rotatable bonds is 6. The number of nitrogens with zero attached hydrogens (tertiary/aromatic N) is 1. The summed E-state index contributed by atoms with van der Waals surface area (Å²) in [6, 6.07) is 10.3. The van der Waals surface area contributed by atoms with Gasteiger partial charge in [-0.2, -0.15) is 0 Å². The summed E-state index contributed by atoms with van der Waals surface area (Å²) < 4.78 is 17.1. The number of halogens is 2. The van der Waals surface area contributed by atoms with E-state index in [0.717, 1.165) is 0 Å². The molecule has 1 atom stereocenters. The molecule has 0 saturated carbocycles. The Morgan fingerprint density at radius 3 is 2.84 bits per heavy atom. The number of ketones is 1. The van der Waals surface area contributed by atoms with E-state index in [9.17, 15) is 9.59 Å². The Hall–Kier alpha value is -2.44. The maximum Gasteiger partial charge on any atom is 0.222 e. The number of carbonyl (C=O) groups excluding carboxylic acids is 2. The predicted octanol–water partition coefficient (Wildman–Crippen LogP) is 4.80. The highest BCUT2D eigenvalue weighted by atomic mass is 35.5. The largest absolute Gasteiger partial charge is 0.497 e. The lowest BCUT2D eigenvalue weighted by atomic mass is 9.89. The van der Waals surface area contributed by atoms with E-state index in [0.29, 0.717) is 71.8 Å². The van der Waals surface area contributed by atoms with Gasteiger partial charge in [0.25, 0.3) is 0 Å². The summed E-state index contributed by atoms with van der Waals surface area (Å²) in [6.07, 6.45) is 1.80. The molecule has 0 radical (unpaired) electrons. The zero-order chi connectivity index (χ0) is 22.0. The number of benzene rings is 2. The third-order valence-electron chi connectivity index (χ3n) is 5.65. The average Bonchev–Trinajstić information content (AvgIpc) is 3.15. The fourth-order valence-electron chi connectivity index (χ4n) is 4.04. The molecule has 8 heteroatoms. The molecule has 2 aliphatic rings. The fourth-order valence-corrected chi connectivity index (χ4v) is 4.50. The van der Waals surface area contributed by atoms with Crippen LogP contribution >= 0.6 is 23.2 Å². The number of fused-ring (bicyclic) bond motifs is 1. The summed E-state index contributed by atoms with van der Waals surface area (Å²) in [5.74, 6) is 1.77. The van der Waals surface area contributed by atoms with Gasteiger partial charge in [-0.1, -0.05) is 23.2 Å². The monoisotopic (exact) mass is 463 g/mol. The van der Waals surface area contributed by atoms with Crippen molar-refractivity contribution < 1.29 is 23.8 Å². The van der Waals surface area contributed by atoms with Gasteiger partial charge in [0.15, 0.2) is 5.78 Å². The highest BCUT2D eigenvalue weighted by molar-refractivity contribution is 6.35. The van der Waals surface area contributed by atoms with Gasteiger partial charge >= 0.3 is 0 Å². The smallest absolute Gasteiger partial charge is 0.222 e. The molecule has 1 unspecified atom stereocenters. The van der Waals surface area contributed by atoms with Crippen molar-refractivity contribution in [3.63, 3.8) is 0 Å². The molecule has 4 rings (SSSR count). The molecule has 2 aliphatic heterocycles. The number of amides is 1. The average molecular weight is 464 g/mol. The molecule has 2 aromatic rings. The van der Waals surface area contributed by atoms with Gasteiger partial charge < -0.3 is 19.1 Å². The summed E-state index contributed by atoms with van der Waals surface area (Å²) in [6.45, 7) is 1.35. The molecule has 164 valence electrons. The van der Waals surface area contributed by atoms with Crippen LogP contribution in [0.2, 0.25) is 10.0 Å². The van der Waals surface area contributed by atoms with E-state index < -0.39 is 5.60 Å². The lowest BCUT2D eigenvalue weighted by Gasteiger charge is -2.34. The highest BCUT2D eigenvalue weighted by Crippen LogP contribution is 2.40. The first-order chi connectivity index (χ1) is 14.9. The molecular formula is C23H23Cl2NO5. The normalized spacial score (nSPS) is 19.8. The lowest BCUT2D eigenvalue weighted by Crippen LogP contribution is -2.45. The third-order valence-corrected chi connectivity index (χ3v) is 6.18. The van der Waals surface area contributed by atoms with Crippen LogP contribution in [0.25, 0.3) is 0 Å². The summed E-state index contributed by atoms with van der Waals surface area (Å²) >= 11 is 12.0. The van der Waals surface area contributed by atoms with Gasteiger partial charge in [0.1, 0.15) is 22.8 Å². The van der Waals surface area contributed by atoms with Crippen LogP contribution in [0.15, 0.2) is 36.4 Å². The Labute approximate surface area is 191 Å². The molecule has 1 spiro atoms. The van der Waals surface area contributed by atoms with E-state index in [-0.39, 0.29) is 18.1 Å². The van der Waals surface area contributed by atoms with E-state index in [1.807, 2.05) is 0 Å². The zero-order valence-corrected chi connectivity index (χ0v) is 18.7. The van der Waals surface area contributed by atoms with Gasteiger partial charge in [0.2, 0.25) is 5.91 Å². The summed E-state index contributed by atoms with van der Waals surface area (Å²) in [7, 11) is 1.56. The van der Waals surface area contributed by atoms with Crippen LogP contribution in [0.4, 0.5) is 0 Å². The van der Waals surface area contributed by atoms with Gasteiger partial charge in [-0.15, -0.1) is 0 Å². The van der Waals surface area contributed by atoms with E-state index >= 15 is 0 Å². The van der Waals surface area contributed by atoms with Gasteiger partial charge in [0.05, 0.1) is 37.3 Å². The lowest BCUT2D eigenvalue weighted by molar-refractivity contribution is -0.131. The van der Waals surface area contributed by atoms with Gasteiger partial charge in [-0.3, -0.25) is 9.59 Å². The van der Waals surface area contributed by atoms with E-state index in [1.165, 1.54) is 0 Å². The second-order valence-corrected chi connectivity index (χ2v) is 8.68. The first-order valence-electron chi connectivity index (χ1n) is 10.1. The number of Topliss-reactive ketones (excluding diaryl/α,β-unsaturated/α-hetero) is 1. The Balaban J connectivity index is 1.30. The van der Waals surface area contributed by atoms with Crippen LogP contribution in [-0.4, -0.2) is 49.0 Å². The summed E-state index contributed by atoms with van der Waals surface area (Å²) in [4.78, 5) is 27.2. The first-order valence-corrected chi connectivity index (χ1v) is 10.9. The van der Waals surface area contributed by atoms with Gasteiger partial charge in [-0.05, 0) is 42.8 Å². The van der Waals surface area contributed by atoms with E-state index in [1.54, 1.807) is 48.4 Å². The van der Waals surface area contributed by atoms with Crippen molar-refractivity contribution in [3.05, 3.63) is 52.0 Å². The maximum atomic E-state index is 12.7. The van der Waals surface area contributed by atoms with Crippen molar-refractivity contribution in [2.24, 2.45) is 0 Å². The number of carbonyl (C=O) groups is 2. The molecule has 31 heavy (non-hydrogen) atoms. The standard InChI is InChI=1S/C23H23Cl2NO5/c1-29-16-5-7-20-17(12-16)19(27)13-23(31-20)8-9-26(14-23)22(28)3-2-10-30-21-6-4-15(24)11-18(21)25/h4-7,11-12H,2-3,8-10,13-14H2,1H3. The molecule has 0 bridgehead atoms. The van der Waals surface area contributed by atoms with Crippen LogP contribution in [0.5, 0.6) is 17.2 Å². The van der Waals surface area contributed by atoms with Crippen LogP contribution < -0.4 is 14.2 Å². The molecule has 0 aliphatic carbocycles. The van der Waals surface area contributed by atoms with Gasteiger partial charge in [0, 0.05) is 24.4 Å². The minimum atomic E-state index is -0.651. The highest BCUT2D eigenvalue weighted by Gasteiger charge is 2.46. The minimum Gasteiger partial charge on any atom is -0.497 e. The molecule has 2 aromatic carbocycles. The number of hydrogen-bond donors (Lipinski definition) is 0. The van der Waals surface area contributed by atoms with Crippen LogP contribution in [0, 0.1) is 0 Å². The van der Waals surface area contributed by atoms with Crippen LogP contribution in [0.3, 0.4) is 0 Å². The SMILES string of the molecule is COc1ccc2c(c1)C(=O)CC1(CCN(C(=O)CCCOc3ccc(Cl)cc3Cl)C1)O2. The van der Waals surface area contributed by atoms with Crippen molar-refractivity contribution in [2.75, 3.05) is 26.8 Å². The molecule has 1 amide bonds. The Morgan fingerprint density at radius 1 is 1.23 bits per heavy atom. The number of ether oxygens (including phenoxy) is 3. The predicted molar refractivity (Wildman–Crippen MR) is 118 cm³/mol. The molecule has 0 aromatic heterocycles. The van der Waals surface area contributed by atoms with Crippen LogP contribution in [0.1, 0.15) is 36.0 Å². The van der Waals surface area contributed by atoms with Crippen molar-refractivity contribution >= 4 is 34.9 Å². The van der Waals surface area contributed by atoms with Crippen molar-refractivity contribution in [2.45, 2.75) is 31.3 Å². The summed E-state index contributed by atoms with van der Waals surface area (Å²) in [5, 5.41) is 0.984. The Morgan fingerprint density at radius 2 is 2.06 bits per heavy atom. The Bertz CT molecular complexity index is 1010. The number of hydrogen-bond acceptors (Lipinski definition) is 5. The molecule has 0 N–H and O–H groups in total. The second-order valence-electron chi connectivity index (χ2n) is 7.84. The topological polar surface area (TPSA) is 65.1 Å². The molecule has 1 fully saturated rings. The maximum absolute atomic E-state index is 12.7. The van der Waals surface area contributed by atoms with Crippen molar-refractivity contribution in [1.82, 2.24) is 4.90 Å². The Kier molecular flexibility index (Phi) is 6.30. The van der Waals surface area contributed by atoms with Crippen LogP contribution in [-0.2, 0) is 4.79 Å². The molecule has 1 saturated heterocycles. The second kappa shape index (κ2) is 8.97. The van der Waals surface area contributed by atoms with E-state index in [2.05, 4.69) is 0 Å². The van der Waals surface area contributed by atoms with Crippen molar-refractivity contribution in [3.8, 4) is 17.2 Å². The fraction of sp³-hybridized carbons (Fsp3) is 0.391. The summed E-state index contributed by atoms with van der Waals surface area (Å²) in [5.41, 5.74) is -0.116. The minimum absolute atomic E-state index is 0.0164. The van der Waals surface area contributed by atoms with E-state index in [4.69, 9.17) is 37.4 Å². The van der Waals surface area contributed by atoms with Gasteiger partial charge in [-0.25, -0.2) is 0 Å². The number of methoxy groups -OCH3 is 1. The quantitative estimate of drug-likeness (QED) is 0.575. The zero-order valence-electron chi connectivity index (χ0n) is 17.2. The first kappa shape index (κ1) is 21.8. The molecule has 2 heterocycles. The molecular weight excluding hydrogens is 441 g/mol. The van der Waals surface area contributed by atoms with Crippen molar-refractivity contribution in [1.29, 1.82) is 0 Å².